The maximum absolute atomic E-state index is 12.0. The molecular weight excluding hydrogens is 366 g/mol. The number of carbonyl (C=O) groups is 1. The molecule has 0 radical (unpaired) electrons. The van der Waals surface area contributed by atoms with E-state index in [1.807, 2.05) is 66.7 Å². The largest absolute Gasteiger partial charge is 0.493 e. The number of ether oxygens (including phenoxy) is 3. The minimum absolute atomic E-state index is 0.0637. The van der Waals surface area contributed by atoms with E-state index in [4.69, 9.17) is 14.2 Å². The highest BCUT2D eigenvalue weighted by Crippen LogP contribution is 2.25. The molecule has 1 amide bonds. The van der Waals surface area contributed by atoms with Crippen molar-refractivity contribution < 1.29 is 19.0 Å². The SMILES string of the molecule is COc1ccccc1OCC(=O)NCc1ccc(COCc2ccccc2)cc1. The Balaban J connectivity index is 1.38. The van der Waals surface area contributed by atoms with E-state index in [1.165, 1.54) is 0 Å². The number of benzene rings is 3. The third kappa shape index (κ3) is 6.66. The summed E-state index contributed by atoms with van der Waals surface area (Å²) in [5, 5.41) is 2.85. The fourth-order valence-electron chi connectivity index (χ4n) is 2.75. The molecule has 150 valence electrons. The lowest BCUT2D eigenvalue weighted by molar-refractivity contribution is -0.123. The lowest BCUT2D eigenvalue weighted by Gasteiger charge is -2.11. The van der Waals surface area contributed by atoms with Crippen LogP contribution in [-0.4, -0.2) is 19.6 Å². The third-order valence-electron chi connectivity index (χ3n) is 4.32. The highest BCUT2D eigenvalue weighted by atomic mass is 16.5. The second-order valence-electron chi connectivity index (χ2n) is 6.51. The Hall–Kier alpha value is -3.31. The predicted molar refractivity (Wildman–Crippen MR) is 112 cm³/mol. The van der Waals surface area contributed by atoms with E-state index >= 15 is 0 Å². The molecule has 5 heteroatoms. The Morgan fingerprint density at radius 1 is 0.759 bits per heavy atom. The zero-order chi connectivity index (χ0) is 20.3. The highest BCUT2D eigenvalue weighted by Gasteiger charge is 2.07. The molecule has 1 N–H and O–H groups in total. The Kier molecular flexibility index (Phi) is 7.66. The summed E-state index contributed by atoms with van der Waals surface area (Å²) in [7, 11) is 1.57. The van der Waals surface area contributed by atoms with Gasteiger partial charge < -0.3 is 19.5 Å². The van der Waals surface area contributed by atoms with E-state index in [-0.39, 0.29) is 12.5 Å². The minimum Gasteiger partial charge on any atom is -0.493 e. The molecule has 0 saturated carbocycles. The summed E-state index contributed by atoms with van der Waals surface area (Å²) in [6.45, 7) is 1.52. The second-order valence-corrected chi connectivity index (χ2v) is 6.51. The van der Waals surface area contributed by atoms with Gasteiger partial charge in [-0.15, -0.1) is 0 Å². The lowest BCUT2D eigenvalue weighted by atomic mass is 10.1. The molecule has 3 aromatic carbocycles. The van der Waals surface area contributed by atoms with Gasteiger partial charge in [-0.25, -0.2) is 0 Å². The minimum atomic E-state index is -0.189. The molecule has 3 rings (SSSR count). The summed E-state index contributed by atoms with van der Waals surface area (Å²) in [6, 6.07) is 25.3. The number of hydrogen-bond donors (Lipinski definition) is 1. The summed E-state index contributed by atoms with van der Waals surface area (Å²) >= 11 is 0. The van der Waals surface area contributed by atoms with Gasteiger partial charge in [0.1, 0.15) is 0 Å². The van der Waals surface area contributed by atoms with E-state index < -0.39 is 0 Å². The van der Waals surface area contributed by atoms with Gasteiger partial charge in [0, 0.05) is 6.54 Å². The van der Waals surface area contributed by atoms with Crippen LogP contribution in [0.25, 0.3) is 0 Å². The fraction of sp³-hybridized carbons (Fsp3) is 0.208. The fourth-order valence-corrected chi connectivity index (χ4v) is 2.75. The second kappa shape index (κ2) is 10.9. The standard InChI is InChI=1S/C24H25NO4/c1-27-22-9-5-6-10-23(22)29-18-24(26)25-15-19-11-13-21(14-12-19)17-28-16-20-7-3-2-4-8-20/h2-14H,15-18H2,1H3,(H,25,26). The number of methoxy groups -OCH3 is 1. The van der Waals surface area contributed by atoms with Crippen LogP contribution in [0.15, 0.2) is 78.9 Å². The van der Waals surface area contributed by atoms with Gasteiger partial charge in [-0.2, -0.15) is 0 Å². The van der Waals surface area contributed by atoms with Crippen LogP contribution in [0.1, 0.15) is 16.7 Å². The number of para-hydroxylation sites is 2. The summed E-state index contributed by atoms with van der Waals surface area (Å²) in [5.74, 6) is 0.960. The molecule has 0 heterocycles. The molecule has 0 aliphatic heterocycles. The summed E-state index contributed by atoms with van der Waals surface area (Å²) < 4.78 is 16.5. The molecule has 0 aliphatic carbocycles. The van der Waals surface area contributed by atoms with Gasteiger partial charge >= 0.3 is 0 Å². The van der Waals surface area contributed by atoms with Gasteiger partial charge in [0.2, 0.25) is 0 Å². The molecule has 29 heavy (non-hydrogen) atoms. The Morgan fingerprint density at radius 3 is 2.03 bits per heavy atom. The smallest absolute Gasteiger partial charge is 0.258 e. The molecule has 0 fully saturated rings. The van der Waals surface area contributed by atoms with Gasteiger partial charge in [-0.1, -0.05) is 66.7 Å². The first kappa shape index (κ1) is 20.4. The van der Waals surface area contributed by atoms with Crippen molar-refractivity contribution in [1.82, 2.24) is 5.32 Å². The first-order chi connectivity index (χ1) is 14.2. The van der Waals surface area contributed by atoms with E-state index in [0.717, 1.165) is 16.7 Å². The molecule has 0 saturated heterocycles. The van der Waals surface area contributed by atoms with Crippen molar-refractivity contribution in [2.45, 2.75) is 19.8 Å². The zero-order valence-electron chi connectivity index (χ0n) is 16.5. The molecule has 0 aromatic heterocycles. The molecule has 0 atom stereocenters. The van der Waals surface area contributed by atoms with Gasteiger partial charge in [0.15, 0.2) is 18.1 Å². The molecule has 5 nitrogen and oxygen atoms in total. The van der Waals surface area contributed by atoms with E-state index in [9.17, 15) is 4.79 Å². The highest BCUT2D eigenvalue weighted by molar-refractivity contribution is 5.77. The third-order valence-corrected chi connectivity index (χ3v) is 4.32. The zero-order valence-corrected chi connectivity index (χ0v) is 16.5. The number of amides is 1. The van der Waals surface area contributed by atoms with E-state index in [1.54, 1.807) is 19.2 Å². The molecule has 0 unspecified atom stereocenters. The van der Waals surface area contributed by atoms with Crippen LogP contribution in [0.4, 0.5) is 0 Å². The van der Waals surface area contributed by atoms with Gasteiger partial charge in [-0.05, 0) is 28.8 Å². The van der Waals surface area contributed by atoms with Crippen LogP contribution in [0.3, 0.4) is 0 Å². The molecule has 3 aromatic rings. The monoisotopic (exact) mass is 391 g/mol. The summed E-state index contributed by atoms with van der Waals surface area (Å²) in [6.07, 6.45) is 0. The molecule has 0 spiro atoms. The van der Waals surface area contributed by atoms with Crippen LogP contribution in [-0.2, 0) is 29.3 Å². The summed E-state index contributed by atoms with van der Waals surface area (Å²) in [5.41, 5.74) is 3.26. The topological polar surface area (TPSA) is 56.8 Å². The van der Waals surface area contributed by atoms with Gasteiger partial charge in [0.25, 0.3) is 5.91 Å². The van der Waals surface area contributed by atoms with Crippen molar-refractivity contribution in [1.29, 1.82) is 0 Å². The average Bonchev–Trinajstić information content (AvgIpc) is 2.78. The Bertz CT molecular complexity index is 894. The molecule has 0 bridgehead atoms. The van der Waals surface area contributed by atoms with E-state index in [0.29, 0.717) is 31.3 Å². The summed E-state index contributed by atoms with van der Waals surface area (Å²) in [4.78, 5) is 12.0. The molecule has 0 aliphatic rings. The van der Waals surface area contributed by atoms with Crippen LogP contribution in [0, 0.1) is 0 Å². The van der Waals surface area contributed by atoms with Crippen molar-refractivity contribution in [3.8, 4) is 11.5 Å². The van der Waals surface area contributed by atoms with Crippen molar-refractivity contribution >= 4 is 5.91 Å². The van der Waals surface area contributed by atoms with E-state index in [2.05, 4.69) is 5.32 Å². The van der Waals surface area contributed by atoms with Crippen LogP contribution in [0.2, 0.25) is 0 Å². The van der Waals surface area contributed by atoms with Crippen LogP contribution < -0.4 is 14.8 Å². The Labute approximate surface area is 171 Å². The van der Waals surface area contributed by atoms with Crippen molar-refractivity contribution in [3.63, 3.8) is 0 Å². The first-order valence-electron chi connectivity index (χ1n) is 9.46. The maximum atomic E-state index is 12.0. The van der Waals surface area contributed by atoms with Crippen molar-refractivity contribution in [2.75, 3.05) is 13.7 Å². The normalized spacial score (nSPS) is 10.4. The van der Waals surface area contributed by atoms with Crippen LogP contribution in [0.5, 0.6) is 11.5 Å². The van der Waals surface area contributed by atoms with Crippen LogP contribution >= 0.6 is 0 Å². The molecular formula is C24H25NO4. The van der Waals surface area contributed by atoms with Crippen molar-refractivity contribution in [2.24, 2.45) is 0 Å². The maximum Gasteiger partial charge on any atom is 0.258 e. The lowest BCUT2D eigenvalue weighted by Crippen LogP contribution is -2.28. The van der Waals surface area contributed by atoms with Gasteiger partial charge in [0.05, 0.1) is 20.3 Å². The predicted octanol–water partition coefficient (Wildman–Crippen LogP) is 4.11. The number of nitrogens with one attached hydrogen (secondary N) is 1. The number of hydrogen-bond acceptors (Lipinski definition) is 4. The quantitative estimate of drug-likeness (QED) is 0.565. The average molecular weight is 391 g/mol. The number of carbonyl (C=O) groups excluding carboxylic acids is 1. The first-order valence-corrected chi connectivity index (χ1v) is 9.46. The number of rotatable bonds is 10. The van der Waals surface area contributed by atoms with Crippen molar-refractivity contribution in [3.05, 3.63) is 95.6 Å². The van der Waals surface area contributed by atoms with Gasteiger partial charge in [-0.3, -0.25) is 4.79 Å². The Morgan fingerprint density at radius 2 is 1.34 bits per heavy atom.